The number of carbonyl (C=O) groups is 1. The Balaban J connectivity index is 2.29. The van der Waals surface area contributed by atoms with Crippen molar-refractivity contribution in [3.05, 3.63) is 34.9 Å². The van der Waals surface area contributed by atoms with E-state index in [4.69, 9.17) is 11.6 Å². The lowest BCUT2D eigenvalue weighted by Gasteiger charge is -2.26. The van der Waals surface area contributed by atoms with E-state index >= 15 is 0 Å². The molecule has 1 aliphatic heterocycles. The second kappa shape index (κ2) is 4.13. The molecular weight excluding hydrogens is 240 g/mol. The Morgan fingerprint density at radius 1 is 1.47 bits per heavy atom. The van der Waals surface area contributed by atoms with Gasteiger partial charge in [0, 0.05) is 22.7 Å². The molecule has 1 aliphatic rings. The number of rotatable bonds is 1. The Morgan fingerprint density at radius 2 is 2.06 bits per heavy atom. The van der Waals surface area contributed by atoms with Gasteiger partial charge in [-0.2, -0.15) is 10.1 Å². The fourth-order valence-corrected chi connectivity index (χ4v) is 1.98. The van der Waals surface area contributed by atoms with Crippen molar-refractivity contribution < 1.29 is 9.90 Å². The molecule has 1 aromatic rings. The minimum absolute atomic E-state index is 0.330. The summed E-state index contributed by atoms with van der Waals surface area (Å²) in [4.78, 5) is 12.1. The SMILES string of the molecule is CC1=NN(C(=O)c2ccc(Cl)cc2)[C@](C)(O)C1. The standard InChI is InChI=1S/C12H13ClN2O2/c1-8-7-12(2,17)15(14-8)11(16)9-3-5-10(13)6-4-9/h3-6,17H,7H2,1-2H3/t12-/m1/s1. The fraction of sp³-hybridized carbons (Fsp3) is 0.333. The Hall–Kier alpha value is -1.39. The van der Waals surface area contributed by atoms with Crippen LogP contribution in [0.4, 0.5) is 0 Å². The van der Waals surface area contributed by atoms with Gasteiger partial charge < -0.3 is 5.11 Å². The lowest BCUT2D eigenvalue weighted by molar-refractivity contribution is -0.0553. The molecule has 0 bridgehead atoms. The molecule has 1 amide bonds. The highest BCUT2D eigenvalue weighted by atomic mass is 35.5. The summed E-state index contributed by atoms with van der Waals surface area (Å²) in [6, 6.07) is 6.50. The third-order valence-corrected chi connectivity index (χ3v) is 2.85. The van der Waals surface area contributed by atoms with E-state index in [-0.39, 0.29) is 5.91 Å². The van der Waals surface area contributed by atoms with Crippen LogP contribution in [0.25, 0.3) is 0 Å². The van der Waals surface area contributed by atoms with Gasteiger partial charge in [0.05, 0.1) is 0 Å². The van der Waals surface area contributed by atoms with Crippen LogP contribution < -0.4 is 0 Å². The van der Waals surface area contributed by atoms with E-state index in [1.54, 1.807) is 38.1 Å². The molecule has 1 heterocycles. The fourth-order valence-electron chi connectivity index (χ4n) is 1.85. The second-order valence-electron chi connectivity index (χ2n) is 4.35. The largest absolute Gasteiger partial charge is 0.369 e. The molecule has 0 saturated heterocycles. The molecule has 0 unspecified atom stereocenters. The van der Waals surface area contributed by atoms with E-state index in [0.717, 1.165) is 10.7 Å². The van der Waals surface area contributed by atoms with Crippen LogP contribution in [-0.2, 0) is 0 Å². The molecule has 0 fully saturated rings. The Morgan fingerprint density at radius 3 is 2.53 bits per heavy atom. The van der Waals surface area contributed by atoms with Crippen LogP contribution in [0.1, 0.15) is 30.6 Å². The zero-order valence-corrected chi connectivity index (χ0v) is 10.4. The lowest BCUT2D eigenvalue weighted by atomic mass is 10.1. The van der Waals surface area contributed by atoms with Gasteiger partial charge in [0.1, 0.15) is 0 Å². The predicted octanol–water partition coefficient (Wildman–Crippen LogP) is 2.27. The maximum Gasteiger partial charge on any atom is 0.276 e. The van der Waals surface area contributed by atoms with Gasteiger partial charge in [0.15, 0.2) is 5.72 Å². The summed E-state index contributed by atoms with van der Waals surface area (Å²) in [6.45, 7) is 3.35. The highest BCUT2D eigenvalue weighted by Crippen LogP contribution is 2.26. The molecule has 1 atom stereocenters. The summed E-state index contributed by atoms with van der Waals surface area (Å²) in [5.41, 5.74) is -0.0636. The van der Waals surface area contributed by atoms with E-state index in [1.165, 1.54) is 0 Å². The summed E-state index contributed by atoms with van der Waals surface area (Å²) >= 11 is 5.75. The first kappa shape index (κ1) is 12.1. The van der Waals surface area contributed by atoms with Crippen LogP contribution in [0.3, 0.4) is 0 Å². The van der Waals surface area contributed by atoms with E-state index in [9.17, 15) is 9.90 Å². The molecule has 4 nitrogen and oxygen atoms in total. The number of carbonyl (C=O) groups excluding carboxylic acids is 1. The van der Waals surface area contributed by atoms with Crippen LogP contribution in [0, 0.1) is 0 Å². The van der Waals surface area contributed by atoms with Crippen molar-refractivity contribution >= 4 is 23.2 Å². The Bertz CT molecular complexity index is 480. The molecule has 0 radical (unpaired) electrons. The molecule has 2 rings (SSSR count). The lowest BCUT2D eigenvalue weighted by Crippen LogP contribution is -2.43. The highest BCUT2D eigenvalue weighted by molar-refractivity contribution is 6.30. The van der Waals surface area contributed by atoms with Crippen LogP contribution in [-0.4, -0.2) is 27.5 Å². The van der Waals surface area contributed by atoms with Gasteiger partial charge in [-0.15, -0.1) is 0 Å². The molecule has 0 aromatic heterocycles. The highest BCUT2D eigenvalue weighted by Gasteiger charge is 2.39. The summed E-state index contributed by atoms with van der Waals surface area (Å²) in [6.07, 6.45) is 0.367. The summed E-state index contributed by atoms with van der Waals surface area (Å²) < 4.78 is 0. The first-order valence-electron chi connectivity index (χ1n) is 5.27. The van der Waals surface area contributed by atoms with Crippen molar-refractivity contribution in [3.8, 4) is 0 Å². The number of amides is 1. The van der Waals surface area contributed by atoms with Crippen molar-refractivity contribution in [2.75, 3.05) is 0 Å². The van der Waals surface area contributed by atoms with E-state index in [0.29, 0.717) is 17.0 Å². The van der Waals surface area contributed by atoms with E-state index in [2.05, 4.69) is 5.10 Å². The van der Waals surface area contributed by atoms with Crippen LogP contribution in [0.2, 0.25) is 5.02 Å². The quantitative estimate of drug-likeness (QED) is 0.834. The minimum atomic E-state index is -1.25. The molecule has 90 valence electrons. The maximum absolute atomic E-state index is 12.1. The van der Waals surface area contributed by atoms with Crippen molar-refractivity contribution in [1.29, 1.82) is 0 Å². The van der Waals surface area contributed by atoms with Crippen molar-refractivity contribution in [2.24, 2.45) is 5.10 Å². The number of hydrazone groups is 1. The average Bonchev–Trinajstić information content (AvgIpc) is 2.52. The first-order valence-corrected chi connectivity index (χ1v) is 5.64. The molecular formula is C12H13ClN2O2. The third-order valence-electron chi connectivity index (χ3n) is 2.60. The summed E-state index contributed by atoms with van der Waals surface area (Å²) in [5.74, 6) is -0.330. The van der Waals surface area contributed by atoms with Gasteiger partial charge in [-0.1, -0.05) is 11.6 Å². The van der Waals surface area contributed by atoms with Gasteiger partial charge >= 0.3 is 0 Å². The maximum atomic E-state index is 12.1. The van der Waals surface area contributed by atoms with Gasteiger partial charge in [-0.05, 0) is 38.1 Å². The number of nitrogens with zero attached hydrogens (tertiary/aromatic N) is 2. The van der Waals surface area contributed by atoms with E-state index in [1.807, 2.05) is 0 Å². The zero-order chi connectivity index (χ0) is 12.6. The molecule has 0 spiro atoms. The zero-order valence-electron chi connectivity index (χ0n) is 9.64. The third kappa shape index (κ3) is 2.33. The van der Waals surface area contributed by atoms with Crippen molar-refractivity contribution in [1.82, 2.24) is 5.01 Å². The minimum Gasteiger partial charge on any atom is -0.369 e. The van der Waals surface area contributed by atoms with Crippen LogP contribution in [0.15, 0.2) is 29.4 Å². The molecule has 0 aliphatic carbocycles. The van der Waals surface area contributed by atoms with Crippen molar-refractivity contribution in [2.45, 2.75) is 26.0 Å². The van der Waals surface area contributed by atoms with Gasteiger partial charge in [0.2, 0.25) is 0 Å². The van der Waals surface area contributed by atoms with Gasteiger partial charge in [0.25, 0.3) is 5.91 Å². The van der Waals surface area contributed by atoms with Crippen LogP contribution in [0.5, 0.6) is 0 Å². The number of hydrogen-bond donors (Lipinski definition) is 1. The van der Waals surface area contributed by atoms with Crippen molar-refractivity contribution in [3.63, 3.8) is 0 Å². The van der Waals surface area contributed by atoms with E-state index < -0.39 is 5.72 Å². The Kier molecular flexibility index (Phi) is 2.93. The average molecular weight is 253 g/mol. The molecule has 1 N–H and O–H groups in total. The monoisotopic (exact) mass is 252 g/mol. The second-order valence-corrected chi connectivity index (χ2v) is 4.79. The molecule has 1 aromatic carbocycles. The summed E-state index contributed by atoms with van der Waals surface area (Å²) in [7, 11) is 0. The number of halogens is 1. The number of aliphatic hydroxyl groups is 1. The predicted molar refractivity (Wildman–Crippen MR) is 66.0 cm³/mol. The summed E-state index contributed by atoms with van der Waals surface area (Å²) in [5, 5.41) is 15.8. The smallest absolute Gasteiger partial charge is 0.276 e. The topological polar surface area (TPSA) is 52.9 Å². The van der Waals surface area contributed by atoms with Gasteiger partial charge in [-0.25, -0.2) is 0 Å². The molecule has 17 heavy (non-hydrogen) atoms. The first-order chi connectivity index (χ1) is 7.90. The molecule has 0 saturated carbocycles. The van der Waals surface area contributed by atoms with Crippen LogP contribution >= 0.6 is 11.6 Å². The number of hydrogen-bond acceptors (Lipinski definition) is 3. The Labute approximate surface area is 104 Å². The molecule has 5 heteroatoms. The van der Waals surface area contributed by atoms with Gasteiger partial charge in [-0.3, -0.25) is 4.79 Å². The normalized spacial score (nSPS) is 23.8. The number of benzene rings is 1.